The Bertz CT molecular complexity index is 1090. The average molecular weight is 474 g/mol. The van der Waals surface area contributed by atoms with E-state index >= 15 is 0 Å². The number of aliphatic hydroxyl groups is 1. The van der Waals surface area contributed by atoms with Crippen LogP contribution in [0.15, 0.2) is 37.1 Å². The molecule has 31 heavy (non-hydrogen) atoms. The summed E-state index contributed by atoms with van der Waals surface area (Å²) in [6, 6.07) is 2.71. The highest BCUT2D eigenvalue weighted by Crippen LogP contribution is 2.36. The lowest BCUT2D eigenvalue weighted by atomic mass is 9.96. The lowest BCUT2D eigenvalue weighted by molar-refractivity contribution is 0.205. The van der Waals surface area contributed by atoms with Crippen LogP contribution in [0.25, 0.3) is 0 Å². The standard InChI is InChI=1S/C17H27N7O5S2/c18-7-11-3-5-24(6-4-11)13-1-2-14(30(26,27)9-12(25)8-19)16(31(20,28)29)15(13)17-21-10-22-23-17/h1-2,11-12,25H,3-10,18-19H2,(H2,20,28,29)/t12-/m1/s1. The fourth-order valence-corrected chi connectivity index (χ4v) is 6.78. The van der Waals surface area contributed by atoms with Gasteiger partial charge in [-0.2, -0.15) is 5.11 Å². The summed E-state index contributed by atoms with van der Waals surface area (Å²) in [5.74, 6) is -0.393. The van der Waals surface area contributed by atoms with Crippen LogP contribution < -0.4 is 21.5 Å². The summed E-state index contributed by atoms with van der Waals surface area (Å²) >= 11 is 0. The second kappa shape index (κ2) is 9.26. The highest BCUT2D eigenvalue weighted by Gasteiger charge is 2.35. The zero-order valence-electron chi connectivity index (χ0n) is 16.9. The number of azo groups is 1. The van der Waals surface area contributed by atoms with Crippen LogP contribution in [0.3, 0.4) is 0 Å². The predicted molar refractivity (Wildman–Crippen MR) is 115 cm³/mol. The molecule has 1 atom stereocenters. The Hall–Kier alpha value is -1.97. The van der Waals surface area contributed by atoms with Crippen molar-refractivity contribution in [2.24, 2.45) is 37.7 Å². The summed E-state index contributed by atoms with van der Waals surface area (Å²) in [4.78, 5) is 4.93. The number of rotatable bonds is 8. The fraction of sp³-hybridized carbons (Fsp3) is 0.588. The minimum Gasteiger partial charge on any atom is -0.391 e. The van der Waals surface area contributed by atoms with Crippen LogP contribution in [0, 0.1) is 5.92 Å². The van der Waals surface area contributed by atoms with Crippen LogP contribution in [-0.2, 0) is 19.9 Å². The summed E-state index contributed by atoms with van der Waals surface area (Å²) in [7, 11) is -8.77. The molecule has 2 aliphatic heterocycles. The maximum absolute atomic E-state index is 12.9. The third kappa shape index (κ3) is 5.10. The second-order valence-corrected chi connectivity index (χ2v) is 11.0. The van der Waals surface area contributed by atoms with Gasteiger partial charge in [0.25, 0.3) is 0 Å². The normalized spacial score (nSPS) is 19.0. The van der Waals surface area contributed by atoms with E-state index < -0.39 is 41.5 Å². The van der Waals surface area contributed by atoms with Crippen molar-refractivity contribution in [3.8, 4) is 0 Å². The van der Waals surface area contributed by atoms with E-state index in [1.165, 1.54) is 12.1 Å². The third-order valence-corrected chi connectivity index (χ3v) is 8.32. The molecule has 1 fully saturated rings. The highest BCUT2D eigenvalue weighted by molar-refractivity contribution is 7.93. The molecule has 0 aromatic heterocycles. The molecule has 1 aromatic carbocycles. The summed E-state index contributed by atoms with van der Waals surface area (Å²) < 4.78 is 51.2. The van der Waals surface area contributed by atoms with Crippen molar-refractivity contribution >= 4 is 31.4 Å². The molecular weight excluding hydrogens is 446 g/mol. The third-order valence-electron chi connectivity index (χ3n) is 5.36. The smallest absolute Gasteiger partial charge is 0.240 e. The Kier molecular flexibility index (Phi) is 7.08. The molecule has 2 aliphatic rings. The Morgan fingerprint density at radius 2 is 1.84 bits per heavy atom. The summed E-state index contributed by atoms with van der Waals surface area (Å²) in [5.41, 5.74) is 11.5. The number of nitrogens with two attached hydrogens (primary N) is 3. The molecule has 0 spiro atoms. The van der Waals surface area contributed by atoms with Crippen LogP contribution in [0.2, 0.25) is 0 Å². The maximum Gasteiger partial charge on any atom is 0.240 e. The van der Waals surface area contributed by atoms with Gasteiger partial charge in [-0.25, -0.2) is 27.0 Å². The SMILES string of the molecule is NCC1CCN(c2ccc(S(=O)(=O)C[C@H](O)CN)c(S(N)(=O)=O)c2C2=NCN=N2)CC1. The molecule has 1 aromatic rings. The van der Waals surface area contributed by atoms with Gasteiger partial charge in [0.2, 0.25) is 10.0 Å². The molecule has 0 aliphatic carbocycles. The van der Waals surface area contributed by atoms with E-state index in [-0.39, 0.29) is 24.6 Å². The van der Waals surface area contributed by atoms with Crippen LogP contribution >= 0.6 is 0 Å². The summed E-state index contributed by atoms with van der Waals surface area (Å²) in [6.07, 6.45) is 0.245. The molecule has 3 rings (SSSR count). The average Bonchev–Trinajstić information content (AvgIpc) is 3.26. The van der Waals surface area contributed by atoms with Crippen LogP contribution in [0.4, 0.5) is 5.69 Å². The molecule has 1 saturated heterocycles. The number of sulfone groups is 1. The number of nitrogens with zero attached hydrogens (tertiary/aromatic N) is 4. The van der Waals surface area contributed by atoms with Crippen molar-refractivity contribution in [3.63, 3.8) is 0 Å². The monoisotopic (exact) mass is 473 g/mol. The summed E-state index contributed by atoms with van der Waals surface area (Å²) in [5, 5.41) is 22.9. The van der Waals surface area contributed by atoms with Crippen LogP contribution in [0.1, 0.15) is 18.4 Å². The van der Waals surface area contributed by atoms with Crippen molar-refractivity contribution in [3.05, 3.63) is 17.7 Å². The first-order chi connectivity index (χ1) is 14.6. The van der Waals surface area contributed by atoms with Crippen LogP contribution in [-0.4, -0.2) is 72.5 Å². The zero-order chi connectivity index (χ0) is 22.8. The van der Waals surface area contributed by atoms with E-state index in [1.54, 1.807) is 0 Å². The number of hydrogen-bond donors (Lipinski definition) is 4. The zero-order valence-corrected chi connectivity index (χ0v) is 18.5. The number of primary sulfonamides is 1. The molecule has 2 heterocycles. The molecule has 0 bridgehead atoms. The number of piperidine rings is 1. The van der Waals surface area contributed by atoms with Gasteiger partial charge in [-0.1, -0.05) is 0 Å². The molecule has 172 valence electrons. The van der Waals surface area contributed by atoms with E-state index in [0.29, 0.717) is 31.2 Å². The van der Waals surface area contributed by atoms with E-state index in [9.17, 15) is 21.9 Å². The number of anilines is 1. The van der Waals surface area contributed by atoms with Gasteiger partial charge in [0.15, 0.2) is 22.3 Å². The number of aliphatic hydroxyl groups excluding tert-OH is 1. The van der Waals surface area contributed by atoms with E-state index in [1.807, 2.05) is 4.90 Å². The number of sulfonamides is 1. The Morgan fingerprint density at radius 1 is 1.16 bits per heavy atom. The Morgan fingerprint density at radius 3 is 2.35 bits per heavy atom. The minimum atomic E-state index is -4.53. The molecule has 0 radical (unpaired) electrons. The highest BCUT2D eigenvalue weighted by atomic mass is 32.2. The van der Waals surface area contributed by atoms with Crippen molar-refractivity contribution in [2.75, 3.05) is 43.5 Å². The fourth-order valence-electron chi connectivity index (χ4n) is 3.74. The van der Waals surface area contributed by atoms with Gasteiger partial charge in [-0.3, -0.25) is 0 Å². The van der Waals surface area contributed by atoms with Gasteiger partial charge in [0.05, 0.1) is 22.3 Å². The lowest BCUT2D eigenvalue weighted by Gasteiger charge is -2.34. The number of benzene rings is 1. The first kappa shape index (κ1) is 23.7. The Balaban J connectivity index is 2.22. The summed E-state index contributed by atoms with van der Waals surface area (Å²) in [6.45, 7) is 1.45. The topological polar surface area (TPSA) is 207 Å². The molecule has 14 heteroatoms. The molecule has 7 N–H and O–H groups in total. The predicted octanol–water partition coefficient (Wildman–Crippen LogP) is -1.23. The molecule has 12 nitrogen and oxygen atoms in total. The quantitative estimate of drug-likeness (QED) is 0.358. The molecule has 0 unspecified atom stereocenters. The number of aliphatic imine (C=N–C) groups is 1. The van der Waals surface area contributed by atoms with Gasteiger partial charge >= 0.3 is 0 Å². The van der Waals surface area contributed by atoms with Gasteiger partial charge < -0.3 is 21.5 Å². The van der Waals surface area contributed by atoms with Crippen LogP contribution in [0.5, 0.6) is 0 Å². The van der Waals surface area contributed by atoms with Crippen molar-refractivity contribution in [1.82, 2.24) is 0 Å². The van der Waals surface area contributed by atoms with Gasteiger partial charge in [-0.15, -0.1) is 5.11 Å². The maximum atomic E-state index is 12.9. The van der Waals surface area contributed by atoms with E-state index in [4.69, 9.17) is 16.6 Å². The van der Waals surface area contributed by atoms with E-state index in [2.05, 4.69) is 15.2 Å². The van der Waals surface area contributed by atoms with Gasteiger partial charge in [0, 0.05) is 25.3 Å². The van der Waals surface area contributed by atoms with Gasteiger partial charge in [0.1, 0.15) is 4.90 Å². The molecule has 0 amide bonds. The lowest BCUT2D eigenvalue weighted by Crippen LogP contribution is -2.37. The van der Waals surface area contributed by atoms with Gasteiger partial charge in [-0.05, 0) is 37.4 Å². The van der Waals surface area contributed by atoms with E-state index in [0.717, 1.165) is 12.8 Å². The first-order valence-corrected chi connectivity index (χ1v) is 13.0. The number of amidine groups is 1. The number of hydrogen-bond acceptors (Lipinski definition) is 11. The van der Waals surface area contributed by atoms with Crippen molar-refractivity contribution in [2.45, 2.75) is 28.7 Å². The van der Waals surface area contributed by atoms with Crippen molar-refractivity contribution < 1.29 is 21.9 Å². The second-order valence-electron chi connectivity index (χ2n) is 7.53. The largest absolute Gasteiger partial charge is 0.391 e. The minimum absolute atomic E-state index is 0.00161. The first-order valence-electron chi connectivity index (χ1n) is 9.76. The molecule has 0 saturated carbocycles. The van der Waals surface area contributed by atoms with Crippen molar-refractivity contribution in [1.29, 1.82) is 0 Å². The molecular formula is C17H27N7O5S2. The Labute approximate surface area is 181 Å².